The predicted molar refractivity (Wildman–Crippen MR) is 66.0 cm³/mol. The van der Waals surface area contributed by atoms with Crippen LogP contribution in [0.5, 0.6) is 0 Å². The molecule has 1 aromatic rings. The van der Waals surface area contributed by atoms with Crippen LogP contribution in [0.25, 0.3) is 0 Å². The maximum absolute atomic E-state index is 5.22. The molecule has 0 aliphatic heterocycles. The van der Waals surface area contributed by atoms with Crippen molar-refractivity contribution in [2.45, 2.75) is 22.0 Å². The average Bonchev–Trinajstić information content (AvgIpc) is 2.16. The Kier molecular flexibility index (Phi) is 4.56. The molecule has 1 radical (unpaired) electrons. The summed E-state index contributed by atoms with van der Waals surface area (Å²) in [6.45, 7) is 2.05. The van der Waals surface area contributed by atoms with E-state index in [4.69, 9.17) is 12.6 Å². The van der Waals surface area contributed by atoms with Crippen LogP contribution in [0.4, 0.5) is 0 Å². The van der Waals surface area contributed by atoms with Gasteiger partial charge in [0.15, 0.2) is 0 Å². The van der Waals surface area contributed by atoms with E-state index < -0.39 is 0 Å². The summed E-state index contributed by atoms with van der Waals surface area (Å²) in [5.41, 5.74) is 1.25. The van der Waals surface area contributed by atoms with Gasteiger partial charge in [-0.05, 0) is 37.1 Å². The molecule has 1 atom stereocenters. The Bertz CT molecular complexity index is 281. The van der Waals surface area contributed by atoms with Crippen molar-refractivity contribution in [1.82, 2.24) is 0 Å². The van der Waals surface area contributed by atoms with Crippen molar-refractivity contribution in [3.8, 4) is 0 Å². The third-order valence-electron chi connectivity index (χ3n) is 1.88. The molecule has 0 amide bonds. The summed E-state index contributed by atoms with van der Waals surface area (Å²) in [6.07, 6.45) is 4.21. The van der Waals surface area contributed by atoms with Crippen LogP contribution in [-0.4, -0.2) is 12.5 Å². The molecule has 0 fully saturated rings. The van der Waals surface area contributed by atoms with Crippen LogP contribution in [-0.2, 0) is 0 Å². The number of benzene rings is 1. The predicted octanol–water partition coefficient (Wildman–Crippen LogP) is 4.39. The summed E-state index contributed by atoms with van der Waals surface area (Å²) in [6, 6.07) is 6.49. The van der Waals surface area contributed by atoms with Crippen LogP contribution < -0.4 is 0 Å². The van der Waals surface area contributed by atoms with E-state index in [1.165, 1.54) is 15.4 Å². The minimum absolute atomic E-state index is 0.210. The number of hydrogen-bond donors (Lipinski definition) is 0. The van der Waals surface area contributed by atoms with Gasteiger partial charge in [0, 0.05) is 15.0 Å². The molecule has 0 aliphatic rings. The second-order valence-corrected chi connectivity index (χ2v) is 5.16. The summed E-state index contributed by atoms with van der Waals surface area (Å²) in [5.74, 6) is 0. The van der Waals surface area contributed by atoms with Gasteiger partial charge in [-0.15, -0.1) is 23.5 Å². The van der Waals surface area contributed by atoms with Crippen LogP contribution in [0.2, 0.25) is 0 Å². The zero-order valence-corrected chi connectivity index (χ0v) is 10.5. The van der Waals surface area contributed by atoms with Crippen LogP contribution in [0, 0.1) is 0 Å². The lowest BCUT2D eigenvalue weighted by atomic mass is 10.2. The second kappa shape index (κ2) is 5.23. The maximum Gasteiger partial charge on any atom is 0.0373 e. The molecule has 0 nitrogen and oxygen atoms in total. The van der Waals surface area contributed by atoms with Crippen molar-refractivity contribution in [3.05, 3.63) is 23.8 Å². The first-order chi connectivity index (χ1) is 6.19. The van der Waals surface area contributed by atoms with E-state index in [0.29, 0.717) is 0 Å². The first-order valence-corrected chi connectivity index (χ1v) is 6.99. The summed E-state index contributed by atoms with van der Waals surface area (Å²) in [5, 5.41) is 0.210. The Morgan fingerprint density at radius 2 is 1.77 bits per heavy atom. The van der Waals surface area contributed by atoms with Gasteiger partial charge in [-0.1, -0.05) is 18.7 Å². The lowest BCUT2D eigenvalue weighted by molar-refractivity contribution is 1.07. The minimum atomic E-state index is 0.210. The molecule has 71 valence electrons. The van der Waals surface area contributed by atoms with E-state index in [1.54, 1.807) is 23.5 Å². The van der Waals surface area contributed by atoms with Crippen molar-refractivity contribution in [3.63, 3.8) is 0 Å². The van der Waals surface area contributed by atoms with Gasteiger partial charge in [-0.2, -0.15) is 0 Å². The minimum Gasteiger partial charge on any atom is -0.128 e. The Hall–Kier alpha value is 0.270. The molecule has 0 bridgehead atoms. The van der Waals surface area contributed by atoms with Gasteiger partial charge in [0.2, 0.25) is 0 Å². The second-order valence-electron chi connectivity index (χ2n) is 2.76. The largest absolute Gasteiger partial charge is 0.128 e. The molecule has 1 rings (SSSR count). The SMILES string of the molecule is CSc1ccc(C(C)[S])cc1SC. The molecule has 0 spiro atoms. The lowest BCUT2D eigenvalue weighted by Crippen LogP contribution is -1.86. The van der Waals surface area contributed by atoms with E-state index in [2.05, 4.69) is 30.7 Å². The van der Waals surface area contributed by atoms with E-state index in [0.717, 1.165) is 0 Å². The zero-order valence-electron chi connectivity index (χ0n) is 8.03. The highest BCUT2D eigenvalue weighted by atomic mass is 32.2. The van der Waals surface area contributed by atoms with Crippen molar-refractivity contribution >= 4 is 36.2 Å². The molecular formula is C10H13S3. The molecule has 1 unspecified atom stereocenters. The molecule has 0 heterocycles. The Balaban J connectivity index is 3.05. The molecule has 0 saturated heterocycles. The molecule has 0 aromatic heterocycles. The van der Waals surface area contributed by atoms with Crippen LogP contribution in [0.1, 0.15) is 17.7 Å². The normalized spacial score (nSPS) is 12.9. The van der Waals surface area contributed by atoms with E-state index >= 15 is 0 Å². The van der Waals surface area contributed by atoms with Gasteiger partial charge in [0.25, 0.3) is 0 Å². The monoisotopic (exact) mass is 229 g/mol. The van der Waals surface area contributed by atoms with Gasteiger partial charge < -0.3 is 0 Å². The molecule has 3 heteroatoms. The van der Waals surface area contributed by atoms with Gasteiger partial charge >= 0.3 is 0 Å². The fourth-order valence-electron chi connectivity index (χ4n) is 1.11. The maximum atomic E-state index is 5.22. The third-order valence-corrected chi connectivity index (χ3v) is 3.85. The summed E-state index contributed by atoms with van der Waals surface area (Å²) in [7, 11) is 0. The van der Waals surface area contributed by atoms with E-state index in [1.807, 2.05) is 6.92 Å². The standard InChI is InChI=1S/C10H13S3/c1-7(11)8-4-5-9(12-2)10(6-8)13-3/h4-7H,1-3H3. The molecule has 0 saturated carbocycles. The Morgan fingerprint density at radius 1 is 1.15 bits per heavy atom. The van der Waals surface area contributed by atoms with Crippen LogP contribution >= 0.6 is 36.2 Å². The number of thioether (sulfide) groups is 2. The fourth-order valence-corrected chi connectivity index (χ4v) is 2.74. The van der Waals surface area contributed by atoms with Gasteiger partial charge in [0.1, 0.15) is 0 Å². The highest BCUT2D eigenvalue weighted by Crippen LogP contribution is 2.31. The number of rotatable bonds is 3. The zero-order chi connectivity index (χ0) is 9.84. The summed E-state index contributed by atoms with van der Waals surface area (Å²) >= 11 is 8.79. The third kappa shape index (κ3) is 2.86. The topological polar surface area (TPSA) is 0 Å². The van der Waals surface area contributed by atoms with Gasteiger partial charge in [-0.25, -0.2) is 0 Å². The van der Waals surface area contributed by atoms with Gasteiger partial charge in [0.05, 0.1) is 0 Å². The van der Waals surface area contributed by atoms with Crippen molar-refractivity contribution in [2.75, 3.05) is 12.5 Å². The molecular weight excluding hydrogens is 216 g/mol. The average molecular weight is 229 g/mol. The molecule has 0 aliphatic carbocycles. The highest BCUT2D eigenvalue weighted by molar-refractivity contribution is 8.01. The van der Waals surface area contributed by atoms with Gasteiger partial charge in [-0.3, -0.25) is 0 Å². The Morgan fingerprint density at radius 3 is 2.23 bits per heavy atom. The molecule has 1 aromatic carbocycles. The van der Waals surface area contributed by atoms with Crippen LogP contribution in [0.3, 0.4) is 0 Å². The molecule has 13 heavy (non-hydrogen) atoms. The van der Waals surface area contributed by atoms with E-state index in [9.17, 15) is 0 Å². The number of hydrogen-bond acceptors (Lipinski definition) is 2. The smallest absolute Gasteiger partial charge is 0.0373 e. The molecule has 0 N–H and O–H groups in total. The quantitative estimate of drug-likeness (QED) is 0.705. The summed E-state index contributed by atoms with van der Waals surface area (Å²) in [4.78, 5) is 2.67. The van der Waals surface area contributed by atoms with Crippen LogP contribution in [0.15, 0.2) is 28.0 Å². The fraction of sp³-hybridized carbons (Fsp3) is 0.400. The highest BCUT2D eigenvalue weighted by Gasteiger charge is 2.05. The first kappa shape index (κ1) is 11.3. The first-order valence-electron chi connectivity index (χ1n) is 4.06. The summed E-state index contributed by atoms with van der Waals surface area (Å²) < 4.78 is 0. The Labute approximate surface area is 94.3 Å². The lowest BCUT2D eigenvalue weighted by Gasteiger charge is -2.09. The van der Waals surface area contributed by atoms with Crippen molar-refractivity contribution < 1.29 is 0 Å². The van der Waals surface area contributed by atoms with Crippen molar-refractivity contribution in [1.29, 1.82) is 0 Å². The van der Waals surface area contributed by atoms with E-state index in [-0.39, 0.29) is 5.25 Å². The van der Waals surface area contributed by atoms with Crippen molar-refractivity contribution in [2.24, 2.45) is 0 Å².